The van der Waals surface area contributed by atoms with Crippen LogP contribution in [0.15, 0.2) is 0 Å². The van der Waals surface area contributed by atoms with E-state index in [9.17, 15) is 9.59 Å². The SMILES string of the molecule is CN1CC(=O)N(CCCC(=O)O)C1=N. The van der Waals surface area contributed by atoms with Gasteiger partial charge in [0.15, 0.2) is 0 Å². The highest BCUT2D eigenvalue weighted by Gasteiger charge is 2.29. The van der Waals surface area contributed by atoms with Crippen molar-refractivity contribution in [2.45, 2.75) is 12.8 Å². The van der Waals surface area contributed by atoms with Gasteiger partial charge in [-0.2, -0.15) is 0 Å². The van der Waals surface area contributed by atoms with Crippen LogP contribution in [0.5, 0.6) is 0 Å². The van der Waals surface area contributed by atoms with Gasteiger partial charge in [-0.1, -0.05) is 0 Å². The molecule has 1 amide bonds. The number of guanidine groups is 1. The van der Waals surface area contributed by atoms with Crippen molar-refractivity contribution in [1.29, 1.82) is 5.41 Å². The van der Waals surface area contributed by atoms with Crippen molar-refractivity contribution in [1.82, 2.24) is 9.80 Å². The molecule has 0 aromatic rings. The summed E-state index contributed by atoms with van der Waals surface area (Å²) in [7, 11) is 1.66. The molecule has 0 saturated carbocycles. The average Bonchev–Trinajstić information content (AvgIpc) is 2.31. The number of carbonyl (C=O) groups is 2. The van der Waals surface area contributed by atoms with Crippen molar-refractivity contribution < 1.29 is 14.7 Å². The fraction of sp³-hybridized carbons (Fsp3) is 0.625. The lowest BCUT2D eigenvalue weighted by molar-refractivity contribution is -0.137. The number of hydrogen-bond acceptors (Lipinski definition) is 3. The number of likely N-dealkylation sites (N-methyl/N-ethyl adjacent to an activating group) is 1. The van der Waals surface area contributed by atoms with E-state index in [0.29, 0.717) is 13.0 Å². The van der Waals surface area contributed by atoms with Crippen molar-refractivity contribution in [3.63, 3.8) is 0 Å². The molecular weight excluding hydrogens is 186 g/mol. The van der Waals surface area contributed by atoms with Gasteiger partial charge >= 0.3 is 5.97 Å². The lowest BCUT2D eigenvalue weighted by Gasteiger charge is -2.15. The molecular formula is C8H13N3O3. The fourth-order valence-corrected chi connectivity index (χ4v) is 1.31. The minimum absolute atomic E-state index is 0.0285. The third kappa shape index (κ3) is 2.21. The molecule has 14 heavy (non-hydrogen) atoms. The Hall–Kier alpha value is -1.59. The van der Waals surface area contributed by atoms with Gasteiger partial charge in [-0.15, -0.1) is 0 Å². The quantitative estimate of drug-likeness (QED) is 0.642. The first kappa shape index (κ1) is 10.5. The molecule has 1 rings (SSSR count). The molecule has 1 fully saturated rings. The molecule has 2 N–H and O–H groups in total. The van der Waals surface area contributed by atoms with E-state index in [1.807, 2.05) is 0 Å². The molecule has 1 heterocycles. The first-order chi connectivity index (χ1) is 6.52. The van der Waals surface area contributed by atoms with Crippen LogP contribution in [0.3, 0.4) is 0 Å². The summed E-state index contributed by atoms with van der Waals surface area (Å²) in [6.07, 6.45) is 0.415. The van der Waals surface area contributed by atoms with E-state index in [1.54, 1.807) is 7.05 Å². The molecule has 0 aromatic carbocycles. The zero-order valence-electron chi connectivity index (χ0n) is 7.99. The van der Waals surface area contributed by atoms with E-state index in [2.05, 4.69) is 0 Å². The number of carboxylic acid groups (broad SMARTS) is 1. The van der Waals surface area contributed by atoms with Crippen LogP contribution in [0.4, 0.5) is 0 Å². The highest BCUT2D eigenvalue weighted by Crippen LogP contribution is 2.07. The topological polar surface area (TPSA) is 84.7 Å². The van der Waals surface area contributed by atoms with Crippen molar-refractivity contribution in [3.8, 4) is 0 Å². The number of hydrogen-bond donors (Lipinski definition) is 2. The third-order valence-corrected chi connectivity index (χ3v) is 2.06. The van der Waals surface area contributed by atoms with Crippen molar-refractivity contribution in [2.75, 3.05) is 20.1 Å². The second-order valence-corrected chi connectivity index (χ2v) is 3.22. The summed E-state index contributed by atoms with van der Waals surface area (Å²) in [5.74, 6) is -0.861. The van der Waals surface area contributed by atoms with Gasteiger partial charge in [0.05, 0.1) is 6.54 Å². The average molecular weight is 199 g/mol. The van der Waals surface area contributed by atoms with Crippen LogP contribution < -0.4 is 0 Å². The third-order valence-electron chi connectivity index (χ3n) is 2.06. The Morgan fingerprint density at radius 2 is 2.29 bits per heavy atom. The fourth-order valence-electron chi connectivity index (χ4n) is 1.31. The molecule has 1 aliphatic rings. The van der Waals surface area contributed by atoms with E-state index in [0.717, 1.165) is 0 Å². The molecule has 0 bridgehead atoms. The van der Waals surface area contributed by atoms with E-state index in [4.69, 9.17) is 10.5 Å². The Labute approximate surface area is 81.6 Å². The Morgan fingerprint density at radius 1 is 1.64 bits per heavy atom. The van der Waals surface area contributed by atoms with Crippen LogP contribution in [0.2, 0.25) is 0 Å². The van der Waals surface area contributed by atoms with Gasteiger partial charge in [-0.3, -0.25) is 19.9 Å². The van der Waals surface area contributed by atoms with E-state index in [-0.39, 0.29) is 24.8 Å². The van der Waals surface area contributed by atoms with E-state index >= 15 is 0 Å². The van der Waals surface area contributed by atoms with Crippen LogP contribution in [-0.4, -0.2) is 52.9 Å². The van der Waals surface area contributed by atoms with Crippen LogP contribution in [-0.2, 0) is 9.59 Å². The van der Waals surface area contributed by atoms with Gasteiger partial charge in [0.2, 0.25) is 11.9 Å². The maximum Gasteiger partial charge on any atom is 0.303 e. The minimum atomic E-state index is -0.878. The predicted molar refractivity (Wildman–Crippen MR) is 48.9 cm³/mol. The first-order valence-electron chi connectivity index (χ1n) is 4.34. The summed E-state index contributed by atoms with van der Waals surface area (Å²) in [5.41, 5.74) is 0. The molecule has 0 spiro atoms. The van der Waals surface area contributed by atoms with E-state index < -0.39 is 5.97 Å². The molecule has 78 valence electrons. The molecule has 1 aliphatic heterocycles. The van der Waals surface area contributed by atoms with Crippen LogP contribution in [0.1, 0.15) is 12.8 Å². The van der Waals surface area contributed by atoms with Crippen LogP contribution >= 0.6 is 0 Å². The summed E-state index contributed by atoms with van der Waals surface area (Å²) in [6.45, 7) is 0.528. The second kappa shape index (κ2) is 4.08. The molecule has 0 atom stereocenters. The number of nitrogens with one attached hydrogen (secondary N) is 1. The van der Waals surface area contributed by atoms with Crippen molar-refractivity contribution in [2.24, 2.45) is 0 Å². The molecule has 6 nitrogen and oxygen atoms in total. The zero-order chi connectivity index (χ0) is 10.7. The summed E-state index contributed by atoms with van der Waals surface area (Å²) in [6, 6.07) is 0. The van der Waals surface area contributed by atoms with Gasteiger partial charge in [0, 0.05) is 20.0 Å². The first-order valence-corrected chi connectivity index (χ1v) is 4.34. The zero-order valence-corrected chi connectivity index (χ0v) is 7.99. The molecule has 6 heteroatoms. The van der Waals surface area contributed by atoms with Gasteiger partial charge in [0.1, 0.15) is 0 Å². The van der Waals surface area contributed by atoms with Crippen LogP contribution in [0, 0.1) is 5.41 Å². The highest BCUT2D eigenvalue weighted by atomic mass is 16.4. The van der Waals surface area contributed by atoms with Crippen LogP contribution in [0.25, 0.3) is 0 Å². The predicted octanol–water partition coefficient (Wildman–Crippen LogP) is -0.440. The smallest absolute Gasteiger partial charge is 0.303 e. The van der Waals surface area contributed by atoms with Crippen molar-refractivity contribution in [3.05, 3.63) is 0 Å². The normalized spacial score (nSPS) is 16.6. The maximum absolute atomic E-state index is 11.3. The summed E-state index contributed by atoms with van der Waals surface area (Å²) in [4.78, 5) is 24.3. The Bertz CT molecular complexity index is 277. The minimum Gasteiger partial charge on any atom is -0.481 e. The van der Waals surface area contributed by atoms with E-state index in [1.165, 1.54) is 9.80 Å². The maximum atomic E-state index is 11.3. The molecule has 0 unspecified atom stereocenters. The molecule has 0 radical (unpaired) electrons. The number of aliphatic carboxylic acids is 1. The summed E-state index contributed by atoms with van der Waals surface area (Å²) >= 11 is 0. The Kier molecular flexibility index (Phi) is 3.06. The number of carboxylic acids is 1. The number of nitrogens with zero attached hydrogens (tertiary/aromatic N) is 2. The molecule has 0 aliphatic carbocycles. The van der Waals surface area contributed by atoms with Gasteiger partial charge in [-0.25, -0.2) is 0 Å². The van der Waals surface area contributed by atoms with Gasteiger partial charge < -0.3 is 10.0 Å². The lowest BCUT2D eigenvalue weighted by Crippen LogP contribution is -2.33. The summed E-state index contributed by atoms with van der Waals surface area (Å²) in [5, 5.41) is 15.9. The van der Waals surface area contributed by atoms with Crippen molar-refractivity contribution >= 4 is 17.8 Å². The lowest BCUT2D eigenvalue weighted by atomic mass is 10.3. The molecule has 0 aromatic heterocycles. The Balaban J connectivity index is 2.41. The highest BCUT2D eigenvalue weighted by molar-refractivity contribution is 6.02. The monoisotopic (exact) mass is 199 g/mol. The Morgan fingerprint density at radius 3 is 2.71 bits per heavy atom. The second-order valence-electron chi connectivity index (χ2n) is 3.22. The largest absolute Gasteiger partial charge is 0.481 e. The number of rotatable bonds is 4. The number of amides is 1. The molecule has 1 saturated heterocycles. The summed E-state index contributed by atoms with van der Waals surface area (Å²) < 4.78 is 0. The number of carbonyl (C=O) groups excluding carboxylic acids is 1. The van der Waals surface area contributed by atoms with Gasteiger partial charge in [0.25, 0.3) is 0 Å². The van der Waals surface area contributed by atoms with Gasteiger partial charge in [-0.05, 0) is 6.42 Å². The standard InChI is InChI=1S/C8H13N3O3/c1-10-5-6(12)11(8(10)9)4-2-3-7(13)14/h9H,2-5H2,1H3,(H,13,14).